The Morgan fingerprint density at radius 1 is 1.40 bits per heavy atom. The van der Waals surface area contributed by atoms with Crippen molar-refractivity contribution in [1.82, 2.24) is 5.32 Å². The number of esters is 1. The molecule has 5 nitrogen and oxygen atoms in total. The van der Waals surface area contributed by atoms with Crippen molar-refractivity contribution in [2.24, 2.45) is 0 Å². The molecule has 1 fully saturated rings. The SMILES string of the molecule is CC(=O)Oc1ccc([C@@H]2NC(=O)OCC2(F)F)cc1.Cl. The van der Waals surface area contributed by atoms with Crippen LogP contribution >= 0.6 is 12.4 Å². The topological polar surface area (TPSA) is 64.6 Å². The zero-order chi connectivity index (χ0) is 14.0. The predicted octanol–water partition coefficient (Wildman–Crippen LogP) is 2.45. The molecule has 1 N–H and O–H groups in total. The first kappa shape index (κ1) is 16.2. The molecule has 110 valence electrons. The van der Waals surface area contributed by atoms with Gasteiger partial charge in [0.05, 0.1) is 0 Å². The van der Waals surface area contributed by atoms with Gasteiger partial charge in [-0.05, 0) is 17.7 Å². The van der Waals surface area contributed by atoms with E-state index in [0.717, 1.165) is 0 Å². The van der Waals surface area contributed by atoms with Crippen LogP contribution in [0, 0.1) is 0 Å². The van der Waals surface area contributed by atoms with E-state index < -0.39 is 30.6 Å². The molecule has 0 radical (unpaired) electrons. The lowest BCUT2D eigenvalue weighted by Crippen LogP contribution is -2.49. The molecule has 0 aromatic heterocycles. The Balaban J connectivity index is 0.00000200. The number of ether oxygens (including phenoxy) is 2. The maximum Gasteiger partial charge on any atom is 0.408 e. The fraction of sp³-hybridized carbons (Fsp3) is 0.333. The lowest BCUT2D eigenvalue weighted by Gasteiger charge is -2.31. The van der Waals surface area contributed by atoms with Crippen molar-refractivity contribution >= 4 is 24.5 Å². The molecule has 1 heterocycles. The zero-order valence-electron chi connectivity index (χ0n) is 10.4. The molecule has 0 saturated carbocycles. The number of carbonyl (C=O) groups excluding carboxylic acids is 2. The van der Waals surface area contributed by atoms with Gasteiger partial charge in [-0.25, -0.2) is 13.6 Å². The highest BCUT2D eigenvalue weighted by molar-refractivity contribution is 5.85. The largest absolute Gasteiger partial charge is 0.443 e. The monoisotopic (exact) mass is 307 g/mol. The summed E-state index contributed by atoms with van der Waals surface area (Å²) in [5, 5.41) is 2.06. The van der Waals surface area contributed by atoms with Gasteiger partial charge in [0.15, 0.2) is 6.61 Å². The van der Waals surface area contributed by atoms with E-state index >= 15 is 0 Å². The first-order valence-corrected chi connectivity index (χ1v) is 5.48. The van der Waals surface area contributed by atoms with Crippen molar-refractivity contribution in [1.29, 1.82) is 0 Å². The predicted molar refractivity (Wildman–Crippen MR) is 67.2 cm³/mol. The van der Waals surface area contributed by atoms with Crippen LogP contribution in [0.25, 0.3) is 0 Å². The van der Waals surface area contributed by atoms with Crippen LogP contribution in [0.3, 0.4) is 0 Å². The quantitative estimate of drug-likeness (QED) is 0.673. The maximum absolute atomic E-state index is 13.6. The summed E-state index contributed by atoms with van der Waals surface area (Å²) >= 11 is 0. The lowest BCUT2D eigenvalue weighted by molar-refractivity contribution is -0.131. The number of carbonyl (C=O) groups is 2. The van der Waals surface area contributed by atoms with Crippen molar-refractivity contribution in [3.63, 3.8) is 0 Å². The highest BCUT2D eigenvalue weighted by Crippen LogP contribution is 2.34. The van der Waals surface area contributed by atoms with Crippen LogP contribution in [0.5, 0.6) is 5.75 Å². The third-order valence-corrected chi connectivity index (χ3v) is 2.56. The first-order valence-electron chi connectivity index (χ1n) is 5.48. The number of hydrogen-bond donors (Lipinski definition) is 1. The van der Waals surface area contributed by atoms with Crippen molar-refractivity contribution < 1.29 is 27.8 Å². The van der Waals surface area contributed by atoms with Crippen LogP contribution in [-0.2, 0) is 9.53 Å². The molecule has 2 rings (SSSR count). The Hall–Kier alpha value is -1.89. The second-order valence-electron chi connectivity index (χ2n) is 4.08. The Kier molecular flexibility index (Phi) is 4.88. The number of nitrogens with one attached hydrogen (secondary N) is 1. The summed E-state index contributed by atoms with van der Waals surface area (Å²) in [6, 6.07) is 4.04. The van der Waals surface area contributed by atoms with Gasteiger partial charge in [-0.2, -0.15) is 0 Å². The number of benzene rings is 1. The number of alkyl carbamates (subject to hydrolysis) is 1. The molecule has 1 amide bonds. The smallest absolute Gasteiger partial charge is 0.408 e. The maximum atomic E-state index is 13.6. The van der Waals surface area contributed by atoms with Gasteiger partial charge in [0, 0.05) is 6.92 Å². The average Bonchev–Trinajstić information content (AvgIpc) is 2.33. The summed E-state index contributed by atoms with van der Waals surface area (Å²) in [4.78, 5) is 21.7. The van der Waals surface area contributed by atoms with Gasteiger partial charge in [0.2, 0.25) is 0 Å². The number of amides is 1. The highest BCUT2D eigenvalue weighted by atomic mass is 35.5. The van der Waals surface area contributed by atoms with E-state index in [4.69, 9.17) is 4.74 Å². The van der Waals surface area contributed by atoms with Crippen molar-refractivity contribution in [3.05, 3.63) is 29.8 Å². The van der Waals surface area contributed by atoms with Gasteiger partial charge < -0.3 is 14.8 Å². The summed E-state index contributed by atoms with van der Waals surface area (Å²) in [6.45, 7) is 0.274. The normalized spacial score (nSPS) is 20.1. The van der Waals surface area contributed by atoms with Crippen LogP contribution in [0.1, 0.15) is 18.5 Å². The van der Waals surface area contributed by atoms with Crippen molar-refractivity contribution in [2.75, 3.05) is 6.61 Å². The summed E-state index contributed by atoms with van der Waals surface area (Å²) in [6.07, 6.45) is -0.889. The molecule has 0 aliphatic carbocycles. The molecule has 0 bridgehead atoms. The Labute approximate surface area is 119 Å². The molecule has 1 aliphatic rings. The van der Waals surface area contributed by atoms with E-state index in [1.165, 1.54) is 31.2 Å². The number of alkyl halides is 2. The zero-order valence-corrected chi connectivity index (χ0v) is 11.2. The average molecular weight is 308 g/mol. The van der Waals surface area contributed by atoms with Crippen molar-refractivity contribution in [2.45, 2.75) is 18.9 Å². The van der Waals surface area contributed by atoms with Gasteiger partial charge in [-0.15, -0.1) is 12.4 Å². The Bertz CT molecular complexity index is 507. The minimum absolute atomic E-state index is 0. The molecule has 8 heteroatoms. The van der Waals surface area contributed by atoms with Crippen molar-refractivity contribution in [3.8, 4) is 5.75 Å². The third kappa shape index (κ3) is 3.57. The molecular formula is C12H12ClF2NO4. The molecule has 1 aliphatic heterocycles. The molecule has 0 unspecified atom stereocenters. The van der Waals surface area contributed by atoms with Crippen LogP contribution in [-0.4, -0.2) is 24.6 Å². The molecule has 1 saturated heterocycles. The molecule has 0 spiro atoms. The van der Waals surface area contributed by atoms with Crippen LogP contribution in [0.4, 0.5) is 13.6 Å². The van der Waals surface area contributed by atoms with E-state index in [9.17, 15) is 18.4 Å². The summed E-state index contributed by atoms with van der Waals surface area (Å²) in [7, 11) is 0. The van der Waals surface area contributed by atoms with Crippen LogP contribution < -0.4 is 10.1 Å². The number of cyclic esters (lactones) is 1. The van der Waals surface area contributed by atoms with E-state index in [1.54, 1.807) is 0 Å². The number of halogens is 3. The van der Waals surface area contributed by atoms with Gasteiger partial charge in [0.25, 0.3) is 0 Å². The molecule has 1 aromatic carbocycles. The standard InChI is InChI=1S/C12H11F2NO4.ClH/c1-7(16)19-9-4-2-8(3-5-9)10-12(13,14)6-18-11(17)15-10;/h2-5,10H,6H2,1H3,(H,15,17);1H/t10-;/m0./s1. The van der Waals surface area contributed by atoms with E-state index in [0.29, 0.717) is 0 Å². The minimum Gasteiger partial charge on any atom is -0.443 e. The fourth-order valence-corrected chi connectivity index (χ4v) is 1.73. The lowest BCUT2D eigenvalue weighted by atomic mass is 10.00. The highest BCUT2D eigenvalue weighted by Gasteiger charge is 2.46. The first-order chi connectivity index (χ1) is 8.88. The van der Waals surface area contributed by atoms with E-state index in [1.807, 2.05) is 0 Å². The minimum atomic E-state index is -3.20. The van der Waals surface area contributed by atoms with Gasteiger partial charge in [0.1, 0.15) is 11.8 Å². The fourth-order valence-electron chi connectivity index (χ4n) is 1.73. The van der Waals surface area contributed by atoms with Gasteiger partial charge in [-0.1, -0.05) is 12.1 Å². The van der Waals surface area contributed by atoms with E-state index in [2.05, 4.69) is 10.1 Å². The molecule has 1 atom stereocenters. The molecule has 20 heavy (non-hydrogen) atoms. The van der Waals surface area contributed by atoms with E-state index in [-0.39, 0.29) is 23.7 Å². The van der Waals surface area contributed by atoms with Gasteiger partial charge in [-0.3, -0.25) is 4.79 Å². The number of hydrogen-bond acceptors (Lipinski definition) is 4. The van der Waals surface area contributed by atoms with Crippen LogP contribution in [0.15, 0.2) is 24.3 Å². The Morgan fingerprint density at radius 2 is 2.00 bits per heavy atom. The third-order valence-electron chi connectivity index (χ3n) is 2.56. The summed E-state index contributed by atoms with van der Waals surface area (Å²) in [5.41, 5.74) is 0.206. The molecule has 1 aromatic rings. The Morgan fingerprint density at radius 3 is 2.55 bits per heavy atom. The second kappa shape index (κ2) is 6.04. The number of rotatable bonds is 2. The summed E-state index contributed by atoms with van der Waals surface area (Å²) < 4.78 is 36.3. The van der Waals surface area contributed by atoms with Gasteiger partial charge >= 0.3 is 18.0 Å². The second-order valence-corrected chi connectivity index (χ2v) is 4.08. The molecular weight excluding hydrogens is 296 g/mol. The summed E-state index contributed by atoms with van der Waals surface area (Å²) in [5.74, 6) is -3.45. The van der Waals surface area contributed by atoms with Crippen LogP contribution in [0.2, 0.25) is 0 Å².